The van der Waals surface area contributed by atoms with Gasteiger partial charge in [-0.2, -0.15) is 0 Å². The molecule has 0 aliphatic carbocycles. The Morgan fingerprint density at radius 3 is 2.00 bits per heavy atom. The Bertz CT molecular complexity index is 620. The lowest BCUT2D eigenvalue weighted by Crippen LogP contribution is -2.24. The summed E-state index contributed by atoms with van der Waals surface area (Å²) in [6, 6.07) is 15.5. The average molecular weight is 313 g/mol. The largest absolute Gasteiger partial charge is 0.497 e. The molecule has 2 aromatic carbocycles. The lowest BCUT2D eigenvalue weighted by atomic mass is 9.97. The first kappa shape index (κ1) is 16.9. The third-order valence-electron chi connectivity index (χ3n) is 3.83. The summed E-state index contributed by atoms with van der Waals surface area (Å²) in [5, 5.41) is 2.96. The Kier molecular flexibility index (Phi) is 6.03. The van der Waals surface area contributed by atoms with Crippen LogP contribution in [-0.4, -0.2) is 20.1 Å². The Hall–Kier alpha value is -2.49. The SMILES string of the molecule is COc1ccc(CNC(=O)CC(C)c2ccc(OC)cc2)cc1. The van der Waals surface area contributed by atoms with Crippen LogP contribution in [0.15, 0.2) is 48.5 Å². The second-order valence-corrected chi connectivity index (χ2v) is 5.50. The first-order valence-electron chi connectivity index (χ1n) is 7.66. The molecule has 4 nitrogen and oxygen atoms in total. The van der Waals surface area contributed by atoms with Crippen LogP contribution in [0.2, 0.25) is 0 Å². The van der Waals surface area contributed by atoms with E-state index in [0.29, 0.717) is 13.0 Å². The monoisotopic (exact) mass is 313 g/mol. The second kappa shape index (κ2) is 8.22. The molecular weight excluding hydrogens is 290 g/mol. The third kappa shape index (κ3) is 5.02. The molecule has 0 spiro atoms. The quantitative estimate of drug-likeness (QED) is 0.851. The van der Waals surface area contributed by atoms with Crippen molar-refractivity contribution >= 4 is 5.91 Å². The molecule has 0 aliphatic heterocycles. The summed E-state index contributed by atoms with van der Waals surface area (Å²) in [4.78, 5) is 12.1. The van der Waals surface area contributed by atoms with Crippen molar-refractivity contribution in [2.45, 2.75) is 25.8 Å². The molecule has 0 heterocycles. The minimum absolute atomic E-state index is 0.0455. The molecule has 0 fully saturated rings. The van der Waals surface area contributed by atoms with Crippen molar-refractivity contribution in [3.63, 3.8) is 0 Å². The van der Waals surface area contributed by atoms with Gasteiger partial charge in [0.1, 0.15) is 11.5 Å². The van der Waals surface area contributed by atoms with Crippen LogP contribution < -0.4 is 14.8 Å². The molecule has 4 heteroatoms. The van der Waals surface area contributed by atoms with Gasteiger partial charge < -0.3 is 14.8 Å². The average Bonchev–Trinajstić information content (AvgIpc) is 2.60. The highest BCUT2D eigenvalue weighted by Crippen LogP contribution is 2.21. The van der Waals surface area contributed by atoms with Crippen LogP contribution in [0.5, 0.6) is 11.5 Å². The Morgan fingerprint density at radius 2 is 1.48 bits per heavy atom. The van der Waals surface area contributed by atoms with Gasteiger partial charge in [0.25, 0.3) is 0 Å². The molecule has 2 aromatic rings. The second-order valence-electron chi connectivity index (χ2n) is 5.50. The van der Waals surface area contributed by atoms with Crippen LogP contribution in [-0.2, 0) is 11.3 Å². The molecule has 0 saturated carbocycles. The van der Waals surface area contributed by atoms with E-state index in [1.54, 1.807) is 14.2 Å². The fraction of sp³-hybridized carbons (Fsp3) is 0.316. The van der Waals surface area contributed by atoms with E-state index in [-0.39, 0.29) is 11.8 Å². The summed E-state index contributed by atoms with van der Waals surface area (Å²) in [5.41, 5.74) is 2.18. The number of benzene rings is 2. The fourth-order valence-electron chi connectivity index (χ4n) is 2.34. The van der Waals surface area contributed by atoms with E-state index >= 15 is 0 Å². The molecule has 1 N–H and O–H groups in total. The first-order chi connectivity index (χ1) is 11.1. The predicted octanol–water partition coefficient (Wildman–Crippen LogP) is 3.51. The number of carbonyl (C=O) groups excluding carboxylic acids is 1. The predicted molar refractivity (Wildman–Crippen MR) is 90.9 cm³/mol. The molecule has 0 bridgehead atoms. The van der Waals surface area contributed by atoms with Gasteiger partial charge in [-0.25, -0.2) is 0 Å². The normalized spacial score (nSPS) is 11.6. The molecule has 0 radical (unpaired) electrons. The maximum absolute atomic E-state index is 12.1. The first-order valence-corrected chi connectivity index (χ1v) is 7.66. The van der Waals surface area contributed by atoms with E-state index in [1.807, 2.05) is 48.5 Å². The van der Waals surface area contributed by atoms with Gasteiger partial charge in [-0.1, -0.05) is 31.2 Å². The summed E-state index contributed by atoms with van der Waals surface area (Å²) in [6.45, 7) is 2.58. The van der Waals surface area contributed by atoms with Crippen molar-refractivity contribution in [3.05, 3.63) is 59.7 Å². The van der Waals surface area contributed by atoms with Gasteiger partial charge >= 0.3 is 0 Å². The highest BCUT2D eigenvalue weighted by molar-refractivity contribution is 5.76. The van der Waals surface area contributed by atoms with Crippen LogP contribution in [0.3, 0.4) is 0 Å². The Labute approximate surface area is 137 Å². The molecule has 0 saturated heterocycles. The lowest BCUT2D eigenvalue weighted by molar-refractivity contribution is -0.121. The highest BCUT2D eigenvalue weighted by Gasteiger charge is 2.11. The zero-order valence-corrected chi connectivity index (χ0v) is 13.8. The molecule has 122 valence electrons. The van der Waals surface area contributed by atoms with Crippen LogP contribution >= 0.6 is 0 Å². The van der Waals surface area contributed by atoms with Gasteiger partial charge in [0.15, 0.2) is 0 Å². The molecule has 0 aliphatic rings. The molecular formula is C19H23NO3. The van der Waals surface area contributed by atoms with Crippen molar-refractivity contribution in [2.24, 2.45) is 0 Å². The van der Waals surface area contributed by atoms with Crippen molar-refractivity contribution in [1.29, 1.82) is 0 Å². The minimum Gasteiger partial charge on any atom is -0.497 e. The maximum Gasteiger partial charge on any atom is 0.220 e. The van der Waals surface area contributed by atoms with Crippen molar-refractivity contribution in [1.82, 2.24) is 5.32 Å². The molecule has 2 rings (SSSR count). The van der Waals surface area contributed by atoms with E-state index in [1.165, 1.54) is 0 Å². The van der Waals surface area contributed by atoms with Gasteiger partial charge in [0, 0.05) is 13.0 Å². The number of nitrogens with one attached hydrogen (secondary N) is 1. The molecule has 0 aromatic heterocycles. The van der Waals surface area contributed by atoms with Crippen LogP contribution in [0.1, 0.15) is 30.4 Å². The molecule has 1 unspecified atom stereocenters. The number of carbonyl (C=O) groups is 1. The number of amides is 1. The van der Waals surface area contributed by atoms with E-state index in [9.17, 15) is 4.79 Å². The number of methoxy groups -OCH3 is 2. The fourth-order valence-corrected chi connectivity index (χ4v) is 2.34. The summed E-state index contributed by atoms with van der Waals surface area (Å²) >= 11 is 0. The standard InChI is InChI=1S/C19H23NO3/c1-14(16-6-10-18(23-3)11-7-16)12-19(21)20-13-15-4-8-17(22-2)9-5-15/h4-11,14H,12-13H2,1-3H3,(H,20,21). The van der Waals surface area contributed by atoms with E-state index in [0.717, 1.165) is 22.6 Å². The van der Waals surface area contributed by atoms with Crippen molar-refractivity contribution in [2.75, 3.05) is 14.2 Å². The van der Waals surface area contributed by atoms with E-state index in [2.05, 4.69) is 12.2 Å². The molecule has 1 amide bonds. The van der Waals surface area contributed by atoms with E-state index in [4.69, 9.17) is 9.47 Å². The van der Waals surface area contributed by atoms with Gasteiger partial charge in [-0.05, 0) is 41.3 Å². The Morgan fingerprint density at radius 1 is 0.957 bits per heavy atom. The van der Waals surface area contributed by atoms with Crippen LogP contribution in [0.25, 0.3) is 0 Å². The molecule has 23 heavy (non-hydrogen) atoms. The Balaban J connectivity index is 1.83. The number of hydrogen-bond acceptors (Lipinski definition) is 3. The summed E-state index contributed by atoms with van der Waals surface area (Å²) in [7, 11) is 3.28. The highest BCUT2D eigenvalue weighted by atomic mass is 16.5. The third-order valence-corrected chi connectivity index (χ3v) is 3.83. The zero-order valence-electron chi connectivity index (χ0n) is 13.8. The minimum atomic E-state index is 0.0455. The smallest absolute Gasteiger partial charge is 0.220 e. The zero-order chi connectivity index (χ0) is 16.7. The number of hydrogen-bond donors (Lipinski definition) is 1. The van der Waals surface area contributed by atoms with Gasteiger partial charge in [0.2, 0.25) is 5.91 Å². The van der Waals surface area contributed by atoms with Crippen molar-refractivity contribution in [3.8, 4) is 11.5 Å². The maximum atomic E-state index is 12.1. The lowest BCUT2D eigenvalue weighted by Gasteiger charge is -2.13. The summed E-state index contributed by atoms with van der Waals surface area (Å²) < 4.78 is 10.3. The topological polar surface area (TPSA) is 47.6 Å². The van der Waals surface area contributed by atoms with Gasteiger partial charge in [0.05, 0.1) is 14.2 Å². The summed E-state index contributed by atoms with van der Waals surface area (Å²) in [6.07, 6.45) is 0.461. The van der Waals surface area contributed by atoms with Crippen molar-refractivity contribution < 1.29 is 14.3 Å². The number of ether oxygens (including phenoxy) is 2. The van der Waals surface area contributed by atoms with Gasteiger partial charge in [-0.3, -0.25) is 4.79 Å². The van der Waals surface area contributed by atoms with Crippen LogP contribution in [0.4, 0.5) is 0 Å². The summed E-state index contributed by atoms with van der Waals surface area (Å²) in [5.74, 6) is 1.85. The molecule has 1 atom stereocenters. The van der Waals surface area contributed by atoms with Crippen LogP contribution in [0, 0.1) is 0 Å². The van der Waals surface area contributed by atoms with E-state index < -0.39 is 0 Å². The number of rotatable bonds is 7. The van der Waals surface area contributed by atoms with Gasteiger partial charge in [-0.15, -0.1) is 0 Å².